The first-order chi connectivity index (χ1) is 8.40. The molecule has 1 rings (SSSR count). The van der Waals surface area contributed by atoms with Crippen LogP contribution in [0.3, 0.4) is 0 Å². The molecule has 0 spiro atoms. The van der Waals surface area contributed by atoms with Crippen molar-refractivity contribution in [1.29, 1.82) is 0 Å². The zero-order valence-electron chi connectivity index (χ0n) is 10.3. The van der Waals surface area contributed by atoms with Crippen molar-refractivity contribution in [2.24, 2.45) is 5.92 Å². The fraction of sp³-hybridized carbons (Fsp3) is 0.462. The molecule has 0 aliphatic rings. The summed E-state index contributed by atoms with van der Waals surface area (Å²) in [5.41, 5.74) is 0.602. The fourth-order valence-electron chi connectivity index (χ4n) is 1.54. The average molecular weight is 445 g/mol. The van der Waals surface area contributed by atoms with Crippen molar-refractivity contribution in [2.45, 2.75) is 25.1 Å². The Morgan fingerprint density at radius 1 is 1.50 bits per heavy atom. The van der Waals surface area contributed by atoms with E-state index in [0.29, 0.717) is 27.9 Å². The van der Waals surface area contributed by atoms with E-state index in [0.717, 1.165) is 9.99 Å². The molecule has 0 heterocycles. The topological polar surface area (TPSA) is 29.1 Å². The molecule has 1 N–H and O–H groups in total. The first kappa shape index (κ1) is 16.2. The van der Waals surface area contributed by atoms with Crippen LogP contribution in [0.4, 0.5) is 0 Å². The Bertz CT molecular complexity index is 425. The van der Waals surface area contributed by atoms with Crippen LogP contribution < -0.4 is 5.32 Å². The number of carbonyl (C=O) groups is 1. The number of benzene rings is 1. The maximum absolute atomic E-state index is 11.9. The SMILES string of the molecule is CC(C)CC(Br)CNC(=O)c1ccc(I)c(Cl)c1. The highest BCUT2D eigenvalue weighted by atomic mass is 127. The molecule has 18 heavy (non-hydrogen) atoms. The number of hydrogen-bond acceptors (Lipinski definition) is 1. The summed E-state index contributed by atoms with van der Waals surface area (Å²) >= 11 is 11.7. The molecule has 100 valence electrons. The van der Waals surface area contributed by atoms with Crippen molar-refractivity contribution in [3.05, 3.63) is 32.4 Å². The van der Waals surface area contributed by atoms with Crippen molar-refractivity contribution < 1.29 is 4.79 Å². The van der Waals surface area contributed by atoms with E-state index in [1.54, 1.807) is 12.1 Å². The predicted octanol–water partition coefficient (Wildman–Crippen LogP) is 4.48. The summed E-state index contributed by atoms with van der Waals surface area (Å²) in [7, 11) is 0. The Labute approximate surface area is 135 Å². The minimum Gasteiger partial charge on any atom is -0.351 e. The van der Waals surface area contributed by atoms with Crippen molar-refractivity contribution in [1.82, 2.24) is 5.32 Å². The Hall–Kier alpha value is 0.190. The molecule has 1 aromatic rings. The molecule has 1 amide bonds. The second kappa shape index (κ2) is 7.70. The van der Waals surface area contributed by atoms with Gasteiger partial charge in [0, 0.05) is 20.5 Å². The largest absolute Gasteiger partial charge is 0.351 e. The third kappa shape index (κ3) is 5.45. The van der Waals surface area contributed by atoms with Gasteiger partial charge in [-0.2, -0.15) is 0 Å². The van der Waals surface area contributed by atoms with E-state index in [9.17, 15) is 4.79 Å². The second-order valence-corrected chi connectivity index (χ2v) is 7.43. The van der Waals surface area contributed by atoms with Gasteiger partial charge in [0.2, 0.25) is 0 Å². The molecule has 0 bridgehead atoms. The number of hydrogen-bond donors (Lipinski definition) is 1. The van der Waals surface area contributed by atoms with E-state index in [-0.39, 0.29) is 5.91 Å². The van der Waals surface area contributed by atoms with Crippen LogP contribution in [0, 0.1) is 9.49 Å². The Kier molecular flexibility index (Phi) is 6.95. The smallest absolute Gasteiger partial charge is 0.251 e. The van der Waals surface area contributed by atoms with Crippen LogP contribution in [0.25, 0.3) is 0 Å². The highest BCUT2D eigenvalue weighted by Gasteiger charge is 2.11. The zero-order chi connectivity index (χ0) is 13.7. The molecule has 0 aliphatic heterocycles. The second-order valence-electron chi connectivity index (χ2n) is 4.57. The minimum absolute atomic E-state index is 0.0819. The van der Waals surface area contributed by atoms with Gasteiger partial charge < -0.3 is 5.32 Å². The molecule has 5 heteroatoms. The van der Waals surface area contributed by atoms with Gasteiger partial charge >= 0.3 is 0 Å². The predicted molar refractivity (Wildman–Crippen MR) is 88.7 cm³/mol. The van der Waals surface area contributed by atoms with Gasteiger partial charge in [0.15, 0.2) is 0 Å². The standard InChI is InChI=1S/C13H16BrClINO/c1-8(2)5-10(14)7-17-13(18)9-3-4-12(16)11(15)6-9/h3-4,6,8,10H,5,7H2,1-2H3,(H,17,18). The number of amides is 1. The summed E-state index contributed by atoms with van der Waals surface area (Å²) in [6, 6.07) is 5.33. The van der Waals surface area contributed by atoms with Crippen LogP contribution >= 0.6 is 50.1 Å². The van der Waals surface area contributed by atoms with E-state index in [1.807, 2.05) is 6.07 Å². The molecule has 1 unspecified atom stereocenters. The lowest BCUT2D eigenvalue weighted by Crippen LogP contribution is -2.30. The Morgan fingerprint density at radius 2 is 2.17 bits per heavy atom. The summed E-state index contributed by atoms with van der Waals surface area (Å²) in [4.78, 5) is 12.2. The molecule has 0 aromatic heterocycles. The molecule has 0 radical (unpaired) electrons. The summed E-state index contributed by atoms with van der Waals surface area (Å²) in [5, 5.41) is 3.52. The van der Waals surface area contributed by atoms with Crippen LogP contribution in [-0.4, -0.2) is 17.3 Å². The quantitative estimate of drug-likeness (QED) is 0.527. The summed E-state index contributed by atoms with van der Waals surface area (Å²) in [6.45, 7) is 4.95. The molecule has 0 aliphatic carbocycles. The van der Waals surface area contributed by atoms with E-state index < -0.39 is 0 Å². The maximum atomic E-state index is 11.9. The van der Waals surface area contributed by atoms with Gasteiger partial charge in [0.1, 0.15) is 0 Å². The molecule has 0 saturated carbocycles. The van der Waals surface area contributed by atoms with Crippen LogP contribution in [0.2, 0.25) is 5.02 Å². The minimum atomic E-state index is -0.0819. The van der Waals surface area contributed by atoms with Crippen LogP contribution in [-0.2, 0) is 0 Å². The zero-order valence-corrected chi connectivity index (χ0v) is 14.8. The number of nitrogens with one attached hydrogen (secondary N) is 1. The van der Waals surface area contributed by atoms with Crippen molar-refractivity contribution in [3.8, 4) is 0 Å². The highest BCUT2D eigenvalue weighted by Crippen LogP contribution is 2.19. The first-order valence-electron chi connectivity index (χ1n) is 5.77. The fourth-order valence-corrected chi connectivity index (χ4v) is 2.96. The van der Waals surface area contributed by atoms with E-state index in [4.69, 9.17) is 11.6 Å². The van der Waals surface area contributed by atoms with Gasteiger partial charge in [-0.25, -0.2) is 0 Å². The van der Waals surface area contributed by atoms with Crippen molar-refractivity contribution >= 4 is 56.0 Å². The number of alkyl halides is 1. The molecule has 2 nitrogen and oxygen atoms in total. The van der Waals surface area contributed by atoms with Gasteiger partial charge in [-0.1, -0.05) is 41.4 Å². The Balaban J connectivity index is 2.52. The third-order valence-electron chi connectivity index (χ3n) is 2.39. The number of rotatable bonds is 5. The van der Waals surface area contributed by atoms with E-state index in [1.165, 1.54) is 0 Å². The van der Waals surface area contributed by atoms with Gasteiger partial charge in [-0.05, 0) is 53.1 Å². The molecule has 0 saturated heterocycles. The summed E-state index contributed by atoms with van der Waals surface area (Å²) < 4.78 is 0.948. The van der Waals surface area contributed by atoms with Gasteiger partial charge in [0.05, 0.1) is 5.02 Å². The van der Waals surface area contributed by atoms with Crippen molar-refractivity contribution in [2.75, 3.05) is 6.54 Å². The number of halogens is 3. The van der Waals surface area contributed by atoms with Gasteiger partial charge in [0.25, 0.3) is 5.91 Å². The summed E-state index contributed by atoms with van der Waals surface area (Å²) in [5.74, 6) is 0.528. The van der Waals surface area contributed by atoms with Gasteiger partial charge in [-0.3, -0.25) is 4.79 Å². The lowest BCUT2D eigenvalue weighted by molar-refractivity contribution is 0.0953. The van der Waals surface area contributed by atoms with Crippen LogP contribution in [0.15, 0.2) is 18.2 Å². The Morgan fingerprint density at radius 3 is 2.72 bits per heavy atom. The first-order valence-corrected chi connectivity index (χ1v) is 8.14. The third-order valence-corrected chi connectivity index (χ3v) is 4.66. The van der Waals surface area contributed by atoms with E-state index in [2.05, 4.69) is 57.7 Å². The number of carbonyl (C=O) groups excluding carboxylic acids is 1. The molecule has 1 aromatic carbocycles. The van der Waals surface area contributed by atoms with Crippen LogP contribution in [0.1, 0.15) is 30.6 Å². The molecular weight excluding hydrogens is 428 g/mol. The molecule has 1 atom stereocenters. The molecular formula is C13H16BrClINO. The van der Waals surface area contributed by atoms with Crippen molar-refractivity contribution in [3.63, 3.8) is 0 Å². The molecule has 0 fully saturated rings. The lowest BCUT2D eigenvalue weighted by Gasteiger charge is -2.13. The van der Waals surface area contributed by atoms with E-state index >= 15 is 0 Å². The average Bonchev–Trinajstić information content (AvgIpc) is 2.28. The van der Waals surface area contributed by atoms with Gasteiger partial charge in [-0.15, -0.1) is 0 Å². The monoisotopic (exact) mass is 443 g/mol. The lowest BCUT2D eigenvalue weighted by atomic mass is 10.1. The highest BCUT2D eigenvalue weighted by molar-refractivity contribution is 14.1. The summed E-state index contributed by atoms with van der Waals surface area (Å²) in [6.07, 6.45) is 1.04. The normalized spacial score (nSPS) is 12.6. The van der Waals surface area contributed by atoms with Crippen LogP contribution in [0.5, 0.6) is 0 Å². The maximum Gasteiger partial charge on any atom is 0.251 e.